The lowest BCUT2D eigenvalue weighted by Crippen LogP contribution is -1.97. The van der Waals surface area contributed by atoms with Crippen molar-refractivity contribution >= 4 is 0 Å². The molecule has 1 aromatic rings. The first kappa shape index (κ1) is 11.0. The van der Waals surface area contributed by atoms with Gasteiger partial charge in [0.25, 0.3) is 0 Å². The van der Waals surface area contributed by atoms with Gasteiger partial charge in [0.1, 0.15) is 5.75 Å². The van der Waals surface area contributed by atoms with Crippen molar-refractivity contribution in [2.24, 2.45) is 0 Å². The highest BCUT2D eigenvalue weighted by atomic mass is 16.5. The van der Waals surface area contributed by atoms with Crippen molar-refractivity contribution in [2.45, 2.75) is 26.7 Å². The van der Waals surface area contributed by atoms with Crippen LogP contribution < -0.4 is 4.74 Å². The second-order valence-electron chi connectivity index (χ2n) is 4.37. The molecule has 0 bridgehead atoms. The van der Waals surface area contributed by atoms with E-state index in [1.54, 1.807) is 7.11 Å². The molecule has 16 heavy (non-hydrogen) atoms. The van der Waals surface area contributed by atoms with Gasteiger partial charge in [-0.05, 0) is 37.0 Å². The number of benzene rings is 1. The van der Waals surface area contributed by atoms with Crippen LogP contribution in [0.2, 0.25) is 0 Å². The van der Waals surface area contributed by atoms with Gasteiger partial charge < -0.3 is 4.74 Å². The molecule has 0 radical (unpaired) electrons. The molecule has 0 N–H and O–H groups in total. The molecular weight excluding hydrogens is 196 g/mol. The molecule has 0 fully saturated rings. The second kappa shape index (κ2) is 4.56. The van der Waals surface area contributed by atoms with Gasteiger partial charge >= 0.3 is 0 Å². The fraction of sp³-hybridized carbons (Fsp3) is 0.333. The van der Waals surface area contributed by atoms with Crippen molar-refractivity contribution in [3.05, 3.63) is 52.6 Å². The van der Waals surface area contributed by atoms with E-state index in [-0.39, 0.29) is 0 Å². The number of allylic oxidation sites excluding steroid dienone is 4. The SMILES string of the molecule is COc1c(C)cc(C)cc1CC1=CCC=C1. The highest BCUT2D eigenvalue weighted by molar-refractivity contribution is 5.47. The predicted molar refractivity (Wildman–Crippen MR) is 68.0 cm³/mol. The summed E-state index contributed by atoms with van der Waals surface area (Å²) in [5.41, 5.74) is 5.21. The number of hydrogen-bond acceptors (Lipinski definition) is 1. The summed E-state index contributed by atoms with van der Waals surface area (Å²) in [6.45, 7) is 4.24. The molecule has 0 aromatic heterocycles. The molecule has 0 saturated carbocycles. The fourth-order valence-corrected chi connectivity index (χ4v) is 2.32. The van der Waals surface area contributed by atoms with Crippen LogP contribution in [0.4, 0.5) is 0 Å². The van der Waals surface area contributed by atoms with Gasteiger partial charge in [0.2, 0.25) is 0 Å². The van der Waals surface area contributed by atoms with Crippen molar-refractivity contribution in [1.29, 1.82) is 0 Å². The van der Waals surface area contributed by atoms with Gasteiger partial charge in [-0.3, -0.25) is 0 Å². The fourth-order valence-electron chi connectivity index (χ4n) is 2.32. The van der Waals surface area contributed by atoms with Crippen molar-refractivity contribution < 1.29 is 4.74 Å². The van der Waals surface area contributed by atoms with Crippen LogP contribution in [0.25, 0.3) is 0 Å². The van der Waals surface area contributed by atoms with E-state index < -0.39 is 0 Å². The summed E-state index contributed by atoms with van der Waals surface area (Å²) in [4.78, 5) is 0. The van der Waals surface area contributed by atoms with Crippen LogP contribution >= 0.6 is 0 Å². The van der Waals surface area contributed by atoms with Gasteiger partial charge in [-0.1, -0.05) is 35.9 Å². The second-order valence-corrected chi connectivity index (χ2v) is 4.37. The van der Waals surface area contributed by atoms with Crippen LogP contribution in [-0.2, 0) is 6.42 Å². The highest BCUT2D eigenvalue weighted by Gasteiger charge is 2.09. The zero-order chi connectivity index (χ0) is 11.5. The average molecular weight is 214 g/mol. The third-order valence-corrected chi connectivity index (χ3v) is 2.94. The van der Waals surface area contributed by atoms with E-state index in [0.717, 1.165) is 18.6 Å². The van der Waals surface area contributed by atoms with E-state index >= 15 is 0 Å². The molecule has 0 heterocycles. The normalized spacial score (nSPS) is 14.1. The van der Waals surface area contributed by atoms with E-state index in [9.17, 15) is 0 Å². The third-order valence-electron chi connectivity index (χ3n) is 2.94. The standard InChI is InChI=1S/C15H18O/c1-11-8-12(2)15(16-3)14(9-11)10-13-6-4-5-7-13/h4,6-9H,5,10H2,1-3H3. The van der Waals surface area contributed by atoms with E-state index in [2.05, 4.69) is 44.2 Å². The molecule has 84 valence electrons. The van der Waals surface area contributed by atoms with E-state index in [1.807, 2.05) is 0 Å². The number of ether oxygens (including phenoxy) is 1. The maximum absolute atomic E-state index is 5.49. The minimum Gasteiger partial charge on any atom is -0.496 e. The van der Waals surface area contributed by atoms with Gasteiger partial charge in [-0.25, -0.2) is 0 Å². The van der Waals surface area contributed by atoms with Crippen LogP contribution in [0, 0.1) is 13.8 Å². The molecule has 1 heteroatoms. The minimum absolute atomic E-state index is 0.974. The van der Waals surface area contributed by atoms with Crippen LogP contribution in [0.3, 0.4) is 0 Å². The Balaban J connectivity index is 2.34. The molecule has 0 amide bonds. The van der Waals surface area contributed by atoms with Gasteiger partial charge in [0, 0.05) is 6.42 Å². The first-order valence-electron chi connectivity index (χ1n) is 5.70. The third kappa shape index (κ3) is 2.19. The summed E-state index contributed by atoms with van der Waals surface area (Å²) in [5.74, 6) is 1.03. The summed E-state index contributed by atoms with van der Waals surface area (Å²) in [7, 11) is 1.75. The number of rotatable bonds is 3. The quantitative estimate of drug-likeness (QED) is 0.744. The van der Waals surface area contributed by atoms with Crippen LogP contribution in [-0.4, -0.2) is 7.11 Å². The summed E-state index contributed by atoms with van der Waals surface area (Å²) in [5, 5.41) is 0. The van der Waals surface area contributed by atoms with Gasteiger partial charge in [0.05, 0.1) is 7.11 Å². The van der Waals surface area contributed by atoms with Crippen molar-refractivity contribution in [2.75, 3.05) is 7.11 Å². The predicted octanol–water partition coefficient (Wildman–Crippen LogP) is 3.74. The smallest absolute Gasteiger partial charge is 0.125 e. The van der Waals surface area contributed by atoms with Crippen LogP contribution in [0.5, 0.6) is 5.75 Å². The Labute approximate surface area is 97.4 Å². The van der Waals surface area contributed by atoms with Crippen molar-refractivity contribution in [1.82, 2.24) is 0 Å². The Morgan fingerprint density at radius 3 is 2.69 bits per heavy atom. The minimum atomic E-state index is 0.974. The van der Waals surface area contributed by atoms with Gasteiger partial charge in [-0.2, -0.15) is 0 Å². The molecule has 0 aliphatic heterocycles. The first-order valence-corrected chi connectivity index (χ1v) is 5.70. The molecule has 0 atom stereocenters. The monoisotopic (exact) mass is 214 g/mol. The molecule has 2 rings (SSSR count). The topological polar surface area (TPSA) is 9.23 Å². The Kier molecular flexibility index (Phi) is 3.14. The van der Waals surface area contributed by atoms with E-state index in [4.69, 9.17) is 4.74 Å². The largest absolute Gasteiger partial charge is 0.496 e. The van der Waals surface area contributed by atoms with Crippen molar-refractivity contribution in [3.8, 4) is 5.75 Å². The van der Waals surface area contributed by atoms with Gasteiger partial charge in [-0.15, -0.1) is 0 Å². The lowest BCUT2D eigenvalue weighted by atomic mass is 10.00. The van der Waals surface area contributed by atoms with E-state index in [0.29, 0.717) is 0 Å². The molecule has 1 nitrogen and oxygen atoms in total. The molecule has 1 aliphatic carbocycles. The van der Waals surface area contributed by atoms with Crippen LogP contribution in [0.15, 0.2) is 35.9 Å². The summed E-state index contributed by atoms with van der Waals surface area (Å²) in [6, 6.07) is 4.39. The Bertz CT molecular complexity index is 453. The lowest BCUT2D eigenvalue weighted by Gasteiger charge is -2.12. The van der Waals surface area contributed by atoms with Crippen LogP contribution in [0.1, 0.15) is 23.1 Å². The summed E-state index contributed by atoms with van der Waals surface area (Å²) in [6.07, 6.45) is 8.73. The zero-order valence-electron chi connectivity index (χ0n) is 10.2. The summed E-state index contributed by atoms with van der Waals surface area (Å²) >= 11 is 0. The molecular formula is C15H18O. The number of aryl methyl sites for hydroxylation is 2. The molecule has 0 unspecified atom stereocenters. The molecule has 0 spiro atoms. The number of hydrogen-bond donors (Lipinski definition) is 0. The zero-order valence-corrected chi connectivity index (χ0v) is 10.2. The van der Waals surface area contributed by atoms with Gasteiger partial charge in [0.15, 0.2) is 0 Å². The lowest BCUT2D eigenvalue weighted by molar-refractivity contribution is 0.407. The number of methoxy groups -OCH3 is 1. The molecule has 1 aliphatic rings. The molecule has 0 saturated heterocycles. The first-order chi connectivity index (χ1) is 7.70. The average Bonchev–Trinajstić information content (AvgIpc) is 2.70. The Morgan fingerprint density at radius 2 is 2.06 bits per heavy atom. The highest BCUT2D eigenvalue weighted by Crippen LogP contribution is 2.28. The molecule has 1 aromatic carbocycles. The maximum atomic E-state index is 5.49. The summed E-state index contributed by atoms with van der Waals surface area (Å²) < 4.78 is 5.49. The van der Waals surface area contributed by atoms with Crippen molar-refractivity contribution in [3.63, 3.8) is 0 Å². The Hall–Kier alpha value is -1.50. The van der Waals surface area contributed by atoms with E-state index in [1.165, 1.54) is 22.3 Å². The maximum Gasteiger partial charge on any atom is 0.125 e. The Morgan fingerprint density at radius 1 is 1.25 bits per heavy atom.